The molecule has 0 amide bonds. The van der Waals surface area contributed by atoms with Crippen LogP contribution in [0.4, 0.5) is 0 Å². The van der Waals surface area contributed by atoms with E-state index in [9.17, 15) is 4.79 Å². The third-order valence-corrected chi connectivity index (χ3v) is 2.17. The molecular weight excluding hydrogens is 168 g/mol. The highest BCUT2D eigenvalue weighted by atomic mass is 16.6. The predicted molar refractivity (Wildman–Crippen MR) is 50.3 cm³/mol. The van der Waals surface area contributed by atoms with Gasteiger partial charge in [-0.2, -0.15) is 0 Å². The Labute approximate surface area is 79.2 Å². The number of hydrogen-bond donors (Lipinski definition) is 1. The van der Waals surface area contributed by atoms with Crippen LogP contribution < -0.4 is 5.32 Å². The molecule has 0 bridgehead atoms. The second-order valence-electron chi connectivity index (χ2n) is 3.38. The van der Waals surface area contributed by atoms with E-state index in [0.717, 1.165) is 26.1 Å². The van der Waals surface area contributed by atoms with Gasteiger partial charge in [0.15, 0.2) is 6.23 Å². The molecule has 4 heteroatoms. The monoisotopic (exact) mass is 186 g/mol. The fraction of sp³-hybridized carbons (Fsp3) is 0.889. The average molecular weight is 186 g/mol. The van der Waals surface area contributed by atoms with Gasteiger partial charge in [-0.25, -0.2) is 0 Å². The molecule has 0 aromatic rings. The van der Waals surface area contributed by atoms with Crippen molar-refractivity contribution in [3.05, 3.63) is 0 Å². The smallest absolute Gasteiger partial charge is 0.307 e. The lowest BCUT2D eigenvalue weighted by molar-refractivity contribution is -0.159. The van der Waals surface area contributed by atoms with Gasteiger partial charge in [-0.15, -0.1) is 0 Å². The van der Waals surface area contributed by atoms with Crippen LogP contribution in [0, 0.1) is 0 Å². The molecule has 1 N–H and O–H groups in total. The average Bonchev–Trinajstić information content (AvgIpc) is 2.09. The molecule has 4 nitrogen and oxygen atoms in total. The molecule has 1 aliphatic rings. The van der Waals surface area contributed by atoms with E-state index in [1.54, 1.807) is 0 Å². The molecule has 1 heterocycles. The number of likely N-dealkylation sites (N-methyl/N-ethyl adjacent to an activating group) is 1. The van der Waals surface area contributed by atoms with E-state index >= 15 is 0 Å². The second kappa shape index (κ2) is 5.19. The molecule has 0 saturated carbocycles. The van der Waals surface area contributed by atoms with Crippen LogP contribution >= 0.6 is 0 Å². The lowest BCUT2D eigenvalue weighted by atomic mass is 10.3. The maximum atomic E-state index is 11.2. The number of esters is 1. The molecule has 1 rings (SSSR count). The molecular formula is C9H18N2O2. The number of rotatable bonds is 3. The normalized spacial score (nSPS) is 24.3. The Balaban J connectivity index is 2.29. The molecule has 0 radical (unpaired) electrons. The van der Waals surface area contributed by atoms with E-state index in [4.69, 9.17) is 4.74 Å². The van der Waals surface area contributed by atoms with E-state index in [1.807, 2.05) is 14.0 Å². The van der Waals surface area contributed by atoms with Crippen LogP contribution in [0.2, 0.25) is 0 Å². The van der Waals surface area contributed by atoms with Gasteiger partial charge < -0.3 is 10.1 Å². The minimum absolute atomic E-state index is 0.0761. The molecule has 0 spiro atoms. The first-order valence-corrected chi connectivity index (χ1v) is 4.84. The molecule has 76 valence electrons. The Hall–Kier alpha value is -0.610. The van der Waals surface area contributed by atoms with Crippen LogP contribution in [0.25, 0.3) is 0 Å². The molecule has 1 aliphatic heterocycles. The number of hydrogen-bond acceptors (Lipinski definition) is 4. The third kappa shape index (κ3) is 3.32. The number of piperazine rings is 1. The maximum absolute atomic E-state index is 11.2. The lowest BCUT2D eigenvalue weighted by Crippen LogP contribution is -2.51. The van der Waals surface area contributed by atoms with Gasteiger partial charge >= 0.3 is 5.97 Å². The Morgan fingerprint density at radius 2 is 2.46 bits per heavy atom. The topological polar surface area (TPSA) is 41.6 Å². The summed E-state index contributed by atoms with van der Waals surface area (Å²) >= 11 is 0. The summed E-state index contributed by atoms with van der Waals surface area (Å²) in [6.07, 6.45) is 1.29. The Morgan fingerprint density at radius 1 is 1.69 bits per heavy atom. The van der Waals surface area contributed by atoms with Crippen molar-refractivity contribution in [1.82, 2.24) is 10.2 Å². The van der Waals surface area contributed by atoms with Crippen molar-refractivity contribution in [3.8, 4) is 0 Å². The summed E-state index contributed by atoms with van der Waals surface area (Å²) in [5, 5.41) is 3.19. The summed E-state index contributed by atoms with van der Waals surface area (Å²) in [6.45, 7) is 4.62. The van der Waals surface area contributed by atoms with Crippen molar-refractivity contribution in [3.63, 3.8) is 0 Å². The number of nitrogens with zero attached hydrogens (tertiary/aromatic N) is 1. The summed E-state index contributed by atoms with van der Waals surface area (Å²) in [5.74, 6) is -0.0944. The summed E-state index contributed by atoms with van der Waals surface area (Å²) < 4.78 is 5.27. The Bertz CT molecular complexity index is 173. The molecule has 1 fully saturated rings. The Morgan fingerprint density at radius 3 is 3.08 bits per heavy atom. The largest absolute Gasteiger partial charge is 0.445 e. The fourth-order valence-electron chi connectivity index (χ4n) is 1.33. The van der Waals surface area contributed by atoms with E-state index in [1.165, 1.54) is 0 Å². The van der Waals surface area contributed by atoms with Crippen LogP contribution in [0.5, 0.6) is 0 Å². The molecule has 0 aromatic carbocycles. The first-order chi connectivity index (χ1) is 6.24. The van der Waals surface area contributed by atoms with Gasteiger partial charge in [0.1, 0.15) is 0 Å². The summed E-state index contributed by atoms with van der Waals surface area (Å²) in [7, 11) is 1.98. The van der Waals surface area contributed by atoms with Crippen LogP contribution in [-0.2, 0) is 9.53 Å². The lowest BCUT2D eigenvalue weighted by Gasteiger charge is -2.32. The van der Waals surface area contributed by atoms with E-state index < -0.39 is 0 Å². The van der Waals surface area contributed by atoms with Crippen LogP contribution in [0.3, 0.4) is 0 Å². The molecule has 1 atom stereocenters. The fourth-order valence-corrected chi connectivity index (χ4v) is 1.33. The van der Waals surface area contributed by atoms with Gasteiger partial charge in [0.2, 0.25) is 0 Å². The SMILES string of the molecule is CCCC(=O)OC1CNCCN1C. The van der Waals surface area contributed by atoms with Crippen LogP contribution in [-0.4, -0.2) is 43.8 Å². The maximum Gasteiger partial charge on any atom is 0.307 e. The zero-order valence-corrected chi connectivity index (χ0v) is 8.38. The van der Waals surface area contributed by atoms with Gasteiger partial charge in [-0.1, -0.05) is 6.92 Å². The van der Waals surface area contributed by atoms with Gasteiger partial charge in [0.25, 0.3) is 0 Å². The molecule has 1 saturated heterocycles. The Kier molecular flexibility index (Phi) is 4.18. The van der Waals surface area contributed by atoms with E-state index in [-0.39, 0.29) is 12.2 Å². The van der Waals surface area contributed by atoms with Gasteiger partial charge in [0, 0.05) is 26.1 Å². The summed E-state index contributed by atoms with van der Waals surface area (Å²) in [4.78, 5) is 13.2. The van der Waals surface area contributed by atoms with Crippen LogP contribution in [0.1, 0.15) is 19.8 Å². The predicted octanol–water partition coefficient (Wildman–Crippen LogP) is 0.191. The summed E-state index contributed by atoms with van der Waals surface area (Å²) in [5.41, 5.74) is 0. The highest BCUT2D eigenvalue weighted by Gasteiger charge is 2.21. The number of carbonyl (C=O) groups excluding carboxylic acids is 1. The van der Waals surface area contributed by atoms with Gasteiger partial charge in [0.05, 0.1) is 0 Å². The third-order valence-electron chi connectivity index (χ3n) is 2.17. The minimum Gasteiger partial charge on any atom is -0.445 e. The highest BCUT2D eigenvalue weighted by molar-refractivity contribution is 5.69. The number of nitrogens with one attached hydrogen (secondary N) is 1. The van der Waals surface area contributed by atoms with Crippen molar-refractivity contribution < 1.29 is 9.53 Å². The molecule has 13 heavy (non-hydrogen) atoms. The minimum atomic E-state index is -0.0944. The van der Waals surface area contributed by atoms with Gasteiger partial charge in [-0.05, 0) is 13.5 Å². The quantitative estimate of drug-likeness (QED) is 0.639. The number of carbonyl (C=O) groups is 1. The van der Waals surface area contributed by atoms with Gasteiger partial charge in [-0.3, -0.25) is 9.69 Å². The molecule has 0 aromatic heterocycles. The molecule has 1 unspecified atom stereocenters. The summed E-state index contributed by atoms with van der Waals surface area (Å²) in [6, 6.07) is 0. The first kappa shape index (κ1) is 10.5. The standard InChI is InChI=1S/C9H18N2O2/c1-3-4-9(12)13-8-7-10-5-6-11(8)2/h8,10H,3-7H2,1-2H3. The van der Waals surface area contributed by atoms with E-state index in [0.29, 0.717) is 6.42 Å². The second-order valence-corrected chi connectivity index (χ2v) is 3.38. The van der Waals surface area contributed by atoms with E-state index in [2.05, 4.69) is 10.2 Å². The zero-order valence-electron chi connectivity index (χ0n) is 8.38. The molecule has 0 aliphatic carbocycles. The van der Waals surface area contributed by atoms with Crippen molar-refractivity contribution >= 4 is 5.97 Å². The zero-order chi connectivity index (χ0) is 9.68. The van der Waals surface area contributed by atoms with Crippen LogP contribution in [0.15, 0.2) is 0 Å². The highest BCUT2D eigenvalue weighted by Crippen LogP contribution is 2.03. The van der Waals surface area contributed by atoms with Crippen molar-refractivity contribution in [2.75, 3.05) is 26.7 Å². The number of ether oxygens (including phenoxy) is 1. The first-order valence-electron chi connectivity index (χ1n) is 4.84. The van der Waals surface area contributed by atoms with Crippen molar-refractivity contribution in [2.24, 2.45) is 0 Å². The van der Waals surface area contributed by atoms with Crippen molar-refractivity contribution in [2.45, 2.75) is 26.0 Å². The van der Waals surface area contributed by atoms with Crippen molar-refractivity contribution in [1.29, 1.82) is 0 Å².